The number of carbonyl (C=O) groups excluding carboxylic acids is 4. The number of ether oxygens (including phenoxy) is 1. The fraction of sp³-hybridized carbons (Fsp3) is 0.444. The van der Waals surface area contributed by atoms with Crippen LogP contribution in [0.3, 0.4) is 0 Å². The lowest BCUT2D eigenvalue weighted by atomic mass is 9.88. The molecule has 0 aliphatic heterocycles. The van der Waals surface area contributed by atoms with E-state index in [0.717, 1.165) is 5.56 Å². The number of alkyl carbamates (subject to hydrolysis) is 1. The van der Waals surface area contributed by atoms with Crippen LogP contribution in [0.1, 0.15) is 45.6 Å². The molecule has 1 aromatic rings. The fourth-order valence-electron chi connectivity index (χ4n) is 2.24. The zero-order valence-corrected chi connectivity index (χ0v) is 14.4. The number of hydrogen-bond acceptors (Lipinski definition) is 5. The van der Waals surface area contributed by atoms with Crippen molar-refractivity contribution in [3.8, 4) is 0 Å². The van der Waals surface area contributed by atoms with Crippen LogP contribution in [-0.4, -0.2) is 35.6 Å². The second-order valence-corrected chi connectivity index (χ2v) is 6.53. The van der Waals surface area contributed by atoms with Gasteiger partial charge in [-0.05, 0) is 39.7 Å². The maximum absolute atomic E-state index is 12.0. The first-order valence-corrected chi connectivity index (χ1v) is 7.68. The number of carbonyl (C=O) groups is 4. The molecule has 0 radical (unpaired) electrons. The molecule has 0 saturated heterocycles. The molecule has 0 fully saturated rings. The molecule has 0 heterocycles. The summed E-state index contributed by atoms with van der Waals surface area (Å²) in [6.07, 6.45) is -0.668. The SMILES string of the molecule is CC(=O)C(CC(NC(=O)OC(C)(C)C)C(=O)C=O)c1ccccc1. The van der Waals surface area contributed by atoms with Crippen LogP contribution in [0.2, 0.25) is 0 Å². The van der Waals surface area contributed by atoms with Crippen LogP contribution >= 0.6 is 0 Å². The van der Waals surface area contributed by atoms with Crippen molar-refractivity contribution in [2.24, 2.45) is 0 Å². The van der Waals surface area contributed by atoms with Crippen LogP contribution in [-0.2, 0) is 19.1 Å². The Kier molecular flexibility index (Phi) is 6.82. The third kappa shape index (κ3) is 6.32. The normalized spacial score (nSPS) is 13.5. The van der Waals surface area contributed by atoms with Gasteiger partial charge in [-0.3, -0.25) is 14.4 Å². The van der Waals surface area contributed by atoms with E-state index >= 15 is 0 Å². The second-order valence-electron chi connectivity index (χ2n) is 6.53. The quantitative estimate of drug-likeness (QED) is 0.611. The summed E-state index contributed by atoms with van der Waals surface area (Å²) in [5.41, 5.74) is -0.0159. The highest BCUT2D eigenvalue weighted by Gasteiger charge is 2.29. The number of hydrogen-bond donors (Lipinski definition) is 1. The van der Waals surface area contributed by atoms with Gasteiger partial charge in [0, 0.05) is 5.92 Å². The first-order chi connectivity index (χ1) is 11.1. The number of Topliss-reactive ketones (excluding diaryl/α,β-unsaturated/α-hetero) is 2. The van der Waals surface area contributed by atoms with Gasteiger partial charge >= 0.3 is 6.09 Å². The van der Waals surface area contributed by atoms with Gasteiger partial charge in [-0.1, -0.05) is 30.3 Å². The van der Waals surface area contributed by atoms with Crippen molar-refractivity contribution in [3.63, 3.8) is 0 Å². The van der Waals surface area contributed by atoms with Crippen molar-refractivity contribution in [2.45, 2.75) is 51.7 Å². The Hall–Kier alpha value is -2.50. The van der Waals surface area contributed by atoms with Gasteiger partial charge in [0.1, 0.15) is 11.4 Å². The maximum atomic E-state index is 12.0. The lowest BCUT2D eigenvalue weighted by molar-refractivity contribution is -0.131. The zero-order chi connectivity index (χ0) is 18.3. The van der Waals surface area contributed by atoms with E-state index in [2.05, 4.69) is 5.32 Å². The molecule has 1 N–H and O–H groups in total. The molecular weight excluding hydrogens is 310 g/mol. The molecule has 0 aliphatic carbocycles. The van der Waals surface area contributed by atoms with E-state index in [9.17, 15) is 19.2 Å². The Morgan fingerprint density at radius 1 is 1.17 bits per heavy atom. The molecule has 0 bridgehead atoms. The molecule has 0 spiro atoms. The number of rotatable bonds is 7. The first-order valence-electron chi connectivity index (χ1n) is 7.68. The standard InChI is InChI=1S/C18H23NO5/c1-12(21)14(13-8-6-5-7-9-13)10-15(16(22)11-20)19-17(23)24-18(2,3)4/h5-9,11,14-15H,10H2,1-4H3,(H,19,23). The van der Waals surface area contributed by atoms with Crippen LogP contribution in [0, 0.1) is 0 Å². The number of nitrogens with one attached hydrogen (secondary N) is 1. The van der Waals surface area contributed by atoms with Crippen molar-refractivity contribution >= 4 is 23.9 Å². The topological polar surface area (TPSA) is 89.5 Å². The van der Waals surface area contributed by atoms with E-state index in [4.69, 9.17) is 4.74 Å². The van der Waals surface area contributed by atoms with Gasteiger partial charge in [-0.25, -0.2) is 4.79 Å². The second kappa shape index (κ2) is 8.38. The average Bonchev–Trinajstić information content (AvgIpc) is 2.49. The largest absolute Gasteiger partial charge is 0.444 e. The van der Waals surface area contributed by atoms with E-state index in [-0.39, 0.29) is 18.5 Å². The van der Waals surface area contributed by atoms with Gasteiger partial charge in [0.15, 0.2) is 6.29 Å². The summed E-state index contributed by atoms with van der Waals surface area (Å²) in [5.74, 6) is -1.56. The molecule has 6 nitrogen and oxygen atoms in total. The smallest absolute Gasteiger partial charge is 0.408 e. The monoisotopic (exact) mass is 333 g/mol. The van der Waals surface area contributed by atoms with Crippen molar-refractivity contribution in [1.29, 1.82) is 0 Å². The molecule has 2 unspecified atom stereocenters. The third-order valence-corrected chi connectivity index (χ3v) is 3.31. The van der Waals surface area contributed by atoms with Gasteiger partial charge in [0.2, 0.25) is 5.78 Å². The van der Waals surface area contributed by atoms with E-state index in [0.29, 0.717) is 0 Å². The zero-order valence-electron chi connectivity index (χ0n) is 14.4. The van der Waals surface area contributed by atoms with Crippen LogP contribution in [0.4, 0.5) is 4.79 Å². The van der Waals surface area contributed by atoms with E-state index in [1.807, 2.05) is 6.07 Å². The number of ketones is 2. The summed E-state index contributed by atoms with van der Waals surface area (Å²) in [4.78, 5) is 46.6. The summed E-state index contributed by atoms with van der Waals surface area (Å²) in [6.45, 7) is 6.47. The molecular formula is C18H23NO5. The highest BCUT2D eigenvalue weighted by Crippen LogP contribution is 2.23. The Balaban J connectivity index is 2.95. The maximum Gasteiger partial charge on any atom is 0.408 e. The van der Waals surface area contributed by atoms with Gasteiger partial charge in [-0.2, -0.15) is 0 Å². The summed E-state index contributed by atoms with van der Waals surface area (Å²) < 4.78 is 5.11. The number of amides is 1. The molecule has 24 heavy (non-hydrogen) atoms. The summed E-state index contributed by atoms with van der Waals surface area (Å²) in [7, 11) is 0. The summed E-state index contributed by atoms with van der Waals surface area (Å²) in [6, 6.07) is 7.79. The minimum atomic E-state index is -1.12. The van der Waals surface area contributed by atoms with Crippen LogP contribution in [0.15, 0.2) is 30.3 Å². The third-order valence-electron chi connectivity index (χ3n) is 3.31. The predicted octanol–water partition coefficient (Wildman–Crippen LogP) is 2.41. The van der Waals surface area contributed by atoms with Crippen molar-refractivity contribution in [1.82, 2.24) is 5.32 Å². The minimum Gasteiger partial charge on any atom is -0.444 e. The van der Waals surface area contributed by atoms with E-state index in [1.165, 1.54) is 6.92 Å². The first kappa shape index (κ1) is 19.5. The number of benzene rings is 1. The van der Waals surface area contributed by atoms with Gasteiger partial charge in [0.25, 0.3) is 0 Å². The van der Waals surface area contributed by atoms with Gasteiger partial charge in [0.05, 0.1) is 6.04 Å². The molecule has 0 aliphatic rings. The molecule has 6 heteroatoms. The Morgan fingerprint density at radius 3 is 2.21 bits per heavy atom. The van der Waals surface area contributed by atoms with Gasteiger partial charge in [-0.15, -0.1) is 0 Å². The van der Waals surface area contributed by atoms with Crippen molar-refractivity contribution in [3.05, 3.63) is 35.9 Å². The molecule has 0 aromatic heterocycles. The summed E-state index contributed by atoms with van der Waals surface area (Å²) in [5, 5.41) is 2.39. The van der Waals surface area contributed by atoms with E-state index < -0.39 is 29.4 Å². The average molecular weight is 333 g/mol. The molecule has 130 valence electrons. The fourth-order valence-corrected chi connectivity index (χ4v) is 2.24. The van der Waals surface area contributed by atoms with Gasteiger partial charge < -0.3 is 10.1 Å². The van der Waals surface area contributed by atoms with Crippen LogP contribution < -0.4 is 5.32 Å². The molecule has 1 aromatic carbocycles. The molecule has 1 rings (SSSR count). The highest BCUT2D eigenvalue weighted by atomic mass is 16.6. The predicted molar refractivity (Wildman–Crippen MR) is 88.7 cm³/mol. The summed E-state index contributed by atoms with van der Waals surface area (Å²) >= 11 is 0. The minimum absolute atomic E-state index is 0.00381. The lowest BCUT2D eigenvalue weighted by Gasteiger charge is -2.24. The number of aldehydes is 1. The molecule has 1 amide bonds. The molecule has 0 saturated carbocycles. The van der Waals surface area contributed by atoms with Crippen LogP contribution in [0.25, 0.3) is 0 Å². The highest BCUT2D eigenvalue weighted by molar-refractivity contribution is 6.27. The van der Waals surface area contributed by atoms with Crippen molar-refractivity contribution < 1.29 is 23.9 Å². The van der Waals surface area contributed by atoms with E-state index in [1.54, 1.807) is 45.0 Å². The van der Waals surface area contributed by atoms with Crippen LogP contribution in [0.5, 0.6) is 0 Å². The Bertz CT molecular complexity index is 604. The Morgan fingerprint density at radius 2 is 1.75 bits per heavy atom. The Labute approximate surface area is 141 Å². The lowest BCUT2D eigenvalue weighted by Crippen LogP contribution is -2.45. The molecule has 2 atom stereocenters. The van der Waals surface area contributed by atoms with Crippen molar-refractivity contribution in [2.75, 3.05) is 0 Å².